The maximum Gasteiger partial charge on any atom is 0.315 e. The van der Waals surface area contributed by atoms with Crippen molar-refractivity contribution in [3.63, 3.8) is 0 Å². The number of urea groups is 1. The van der Waals surface area contributed by atoms with Crippen molar-refractivity contribution >= 4 is 17.4 Å². The molecule has 1 atom stereocenters. The van der Waals surface area contributed by atoms with Crippen LogP contribution in [0.3, 0.4) is 0 Å². The number of carbonyl (C=O) groups excluding carboxylic acids is 1. The molecule has 1 aliphatic heterocycles. The normalized spacial score (nSPS) is 18.2. The predicted molar refractivity (Wildman–Crippen MR) is 85.7 cm³/mol. The second-order valence-electron chi connectivity index (χ2n) is 6.31. The van der Waals surface area contributed by atoms with Crippen molar-refractivity contribution in [1.82, 2.24) is 15.5 Å². The van der Waals surface area contributed by atoms with Crippen molar-refractivity contribution in [2.45, 2.75) is 32.4 Å². The standard InChI is InChI=1S/C15H25N3O2S/c1-15(2,3)17-14(19)16-10-13(12-4-9-21-11-12)18-5-7-20-8-6-18/h4,9,11,13H,5-8,10H2,1-3H3,(H2,16,17,19)/t13-/m1/s1. The molecule has 21 heavy (non-hydrogen) atoms. The summed E-state index contributed by atoms with van der Waals surface area (Å²) in [5.41, 5.74) is 1.04. The van der Waals surface area contributed by atoms with Crippen molar-refractivity contribution in [1.29, 1.82) is 0 Å². The summed E-state index contributed by atoms with van der Waals surface area (Å²) in [6, 6.07) is 2.23. The van der Waals surface area contributed by atoms with Crippen LogP contribution >= 0.6 is 11.3 Å². The Morgan fingerprint density at radius 3 is 2.71 bits per heavy atom. The number of ether oxygens (including phenoxy) is 1. The molecule has 0 saturated carbocycles. The number of morpholine rings is 1. The Hall–Kier alpha value is -1.11. The molecule has 0 bridgehead atoms. The molecule has 1 saturated heterocycles. The Labute approximate surface area is 130 Å². The molecule has 1 aromatic heterocycles. The Bertz CT molecular complexity index is 436. The van der Waals surface area contributed by atoms with Gasteiger partial charge in [-0.3, -0.25) is 4.90 Å². The van der Waals surface area contributed by atoms with Crippen molar-refractivity contribution < 1.29 is 9.53 Å². The zero-order valence-electron chi connectivity index (χ0n) is 13.0. The first-order valence-corrected chi connectivity index (χ1v) is 8.30. The van der Waals surface area contributed by atoms with Crippen molar-refractivity contribution in [3.8, 4) is 0 Å². The van der Waals surface area contributed by atoms with E-state index in [0.29, 0.717) is 6.54 Å². The van der Waals surface area contributed by atoms with Crippen LogP contribution in [0.2, 0.25) is 0 Å². The van der Waals surface area contributed by atoms with E-state index in [1.54, 1.807) is 11.3 Å². The Morgan fingerprint density at radius 2 is 2.14 bits per heavy atom. The fourth-order valence-corrected chi connectivity index (χ4v) is 3.09. The van der Waals surface area contributed by atoms with Gasteiger partial charge in [-0.1, -0.05) is 0 Å². The molecule has 1 aliphatic rings. The largest absolute Gasteiger partial charge is 0.379 e. The molecule has 2 rings (SSSR count). The topological polar surface area (TPSA) is 53.6 Å². The van der Waals surface area contributed by atoms with Crippen molar-refractivity contribution in [2.75, 3.05) is 32.8 Å². The molecule has 0 aromatic carbocycles. The number of nitrogens with zero attached hydrogens (tertiary/aromatic N) is 1. The Kier molecular flexibility index (Phi) is 5.61. The molecule has 1 fully saturated rings. The molecule has 118 valence electrons. The summed E-state index contributed by atoms with van der Waals surface area (Å²) in [5, 5.41) is 10.2. The van der Waals surface area contributed by atoms with Gasteiger partial charge in [0.2, 0.25) is 0 Å². The van der Waals surface area contributed by atoms with Crippen molar-refractivity contribution in [2.24, 2.45) is 0 Å². The van der Waals surface area contributed by atoms with Gasteiger partial charge in [0, 0.05) is 25.2 Å². The van der Waals surface area contributed by atoms with Crippen molar-refractivity contribution in [3.05, 3.63) is 22.4 Å². The van der Waals surface area contributed by atoms with Gasteiger partial charge in [0.05, 0.1) is 19.3 Å². The van der Waals surface area contributed by atoms with Crippen LogP contribution in [0.5, 0.6) is 0 Å². The minimum Gasteiger partial charge on any atom is -0.379 e. The minimum atomic E-state index is -0.221. The third kappa shape index (κ3) is 5.30. The van der Waals surface area contributed by atoms with E-state index in [2.05, 4.69) is 32.4 Å². The van der Waals surface area contributed by atoms with Gasteiger partial charge in [-0.05, 0) is 43.2 Å². The summed E-state index contributed by atoms with van der Waals surface area (Å²) in [6.07, 6.45) is 0. The van der Waals surface area contributed by atoms with Gasteiger partial charge in [-0.2, -0.15) is 11.3 Å². The van der Waals surface area contributed by atoms with E-state index in [1.165, 1.54) is 5.56 Å². The van der Waals surface area contributed by atoms with Crippen LogP contribution in [0, 0.1) is 0 Å². The lowest BCUT2D eigenvalue weighted by atomic mass is 10.1. The fraction of sp³-hybridized carbons (Fsp3) is 0.667. The molecule has 0 spiro atoms. The number of hydrogen-bond acceptors (Lipinski definition) is 4. The molecule has 2 N–H and O–H groups in total. The molecule has 0 aliphatic carbocycles. The monoisotopic (exact) mass is 311 g/mol. The third-order valence-electron chi connectivity index (χ3n) is 3.36. The van der Waals surface area contributed by atoms with Crippen LogP contribution in [-0.2, 0) is 4.74 Å². The zero-order chi connectivity index (χ0) is 15.3. The van der Waals surface area contributed by atoms with Crippen LogP contribution in [0.1, 0.15) is 32.4 Å². The number of hydrogen-bond donors (Lipinski definition) is 2. The number of amides is 2. The first kappa shape index (κ1) is 16.3. The number of rotatable bonds is 4. The van der Waals surface area contributed by atoms with Crippen LogP contribution in [0.15, 0.2) is 16.8 Å². The average Bonchev–Trinajstić information content (AvgIpc) is 2.92. The summed E-state index contributed by atoms with van der Waals surface area (Å²) in [6.45, 7) is 9.87. The van der Waals surface area contributed by atoms with Crippen LogP contribution in [0.25, 0.3) is 0 Å². The third-order valence-corrected chi connectivity index (χ3v) is 4.06. The quantitative estimate of drug-likeness (QED) is 0.896. The van der Waals surface area contributed by atoms with Gasteiger partial charge in [0.25, 0.3) is 0 Å². The molecule has 2 amide bonds. The summed E-state index contributed by atoms with van der Waals surface area (Å²) in [7, 11) is 0. The Morgan fingerprint density at radius 1 is 1.43 bits per heavy atom. The number of nitrogens with one attached hydrogen (secondary N) is 2. The predicted octanol–water partition coefficient (Wildman–Crippen LogP) is 2.22. The Balaban J connectivity index is 1.95. The summed E-state index contributed by atoms with van der Waals surface area (Å²) in [4.78, 5) is 14.3. The molecule has 6 heteroatoms. The van der Waals surface area contributed by atoms with Gasteiger partial charge >= 0.3 is 6.03 Å². The van der Waals surface area contributed by atoms with E-state index in [1.807, 2.05) is 20.8 Å². The van der Waals surface area contributed by atoms with E-state index in [9.17, 15) is 4.79 Å². The molecule has 1 aromatic rings. The summed E-state index contributed by atoms with van der Waals surface area (Å²) >= 11 is 1.69. The van der Waals surface area contributed by atoms with Gasteiger partial charge in [-0.15, -0.1) is 0 Å². The fourth-order valence-electron chi connectivity index (χ4n) is 2.39. The maximum absolute atomic E-state index is 12.0. The van der Waals surface area contributed by atoms with Gasteiger partial charge < -0.3 is 15.4 Å². The lowest BCUT2D eigenvalue weighted by Gasteiger charge is -2.34. The molecule has 0 radical (unpaired) electrons. The van der Waals surface area contributed by atoms with Gasteiger partial charge in [0.1, 0.15) is 0 Å². The van der Waals surface area contributed by atoms with Gasteiger partial charge in [-0.25, -0.2) is 4.79 Å². The molecule has 2 heterocycles. The lowest BCUT2D eigenvalue weighted by molar-refractivity contribution is 0.0167. The highest BCUT2D eigenvalue weighted by atomic mass is 32.1. The highest BCUT2D eigenvalue weighted by molar-refractivity contribution is 7.07. The first-order valence-electron chi connectivity index (χ1n) is 7.35. The molecule has 0 unspecified atom stereocenters. The smallest absolute Gasteiger partial charge is 0.315 e. The minimum absolute atomic E-state index is 0.115. The lowest BCUT2D eigenvalue weighted by Crippen LogP contribution is -2.49. The molecule has 5 nitrogen and oxygen atoms in total. The van der Waals surface area contributed by atoms with E-state index in [0.717, 1.165) is 26.3 Å². The molecular formula is C15H25N3O2S. The number of carbonyl (C=O) groups is 1. The first-order chi connectivity index (χ1) is 9.96. The SMILES string of the molecule is CC(C)(C)NC(=O)NC[C@H](c1ccsc1)N1CCOCC1. The second-order valence-corrected chi connectivity index (χ2v) is 7.09. The highest BCUT2D eigenvalue weighted by Crippen LogP contribution is 2.23. The molecular weight excluding hydrogens is 286 g/mol. The van der Waals surface area contributed by atoms with Crippen LogP contribution < -0.4 is 10.6 Å². The summed E-state index contributed by atoms with van der Waals surface area (Å²) in [5.74, 6) is 0. The number of thiophene rings is 1. The average molecular weight is 311 g/mol. The van der Waals surface area contributed by atoms with E-state index in [-0.39, 0.29) is 17.6 Å². The summed E-state index contributed by atoms with van der Waals surface area (Å²) < 4.78 is 5.42. The van der Waals surface area contributed by atoms with Crippen LogP contribution in [-0.4, -0.2) is 49.3 Å². The maximum atomic E-state index is 12.0. The van der Waals surface area contributed by atoms with E-state index < -0.39 is 0 Å². The van der Waals surface area contributed by atoms with Crippen LogP contribution in [0.4, 0.5) is 4.79 Å². The van der Waals surface area contributed by atoms with E-state index >= 15 is 0 Å². The van der Waals surface area contributed by atoms with E-state index in [4.69, 9.17) is 4.74 Å². The second kappa shape index (κ2) is 7.24. The highest BCUT2D eigenvalue weighted by Gasteiger charge is 2.24. The van der Waals surface area contributed by atoms with Gasteiger partial charge in [0.15, 0.2) is 0 Å². The zero-order valence-corrected chi connectivity index (χ0v) is 13.8.